The van der Waals surface area contributed by atoms with Gasteiger partial charge in [0.05, 0.1) is 12.8 Å². The number of carbonyl (C=O) groups excluding carboxylic acids is 2. The first-order chi connectivity index (χ1) is 26.5. The van der Waals surface area contributed by atoms with Crippen molar-refractivity contribution in [1.82, 2.24) is 0 Å². The number of fused-ring (bicyclic) bond motifs is 7. The number of hydrogen-bond acceptors (Lipinski definition) is 10. The third kappa shape index (κ3) is 7.78. The Hall–Kier alpha value is -4.28. The number of esters is 2. The van der Waals surface area contributed by atoms with Crippen LogP contribution >= 0.6 is 23.5 Å². The zero-order chi connectivity index (χ0) is 36.4. The molecule has 2 bridgehead atoms. The van der Waals surface area contributed by atoms with E-state index in [2.05, 4.69) is 58.3 Å². The Morgan fingerprint density at radius 2 is 1.15 bits per heavy atom. The molecule has 280 valence electrons. The largest absolute Gasteiger partial charge is 0.473 e. The van der Waals surface area contributed by atoms with Gasteiger partial charge >= 0.3 is 11.9 Å². The minimum Gasteiger partial charge on any atom is -0.473 e. The van der Waals surface area contributed by atoms with Crippen molar-refractivity contribution < 1.29 is 28.5 Å². The topological polar surface area (TPSA) is 77.5 Å². The highest BCUT2D eigenvalue weighted by molar-refractivity contribution is 7.99. The van der Waals surface area contributed by atoms with Gasteiger partial charge in [-0.15, -0.1) is 23.5 Å². The van der Waals surface area contributed by atoms with Crippen LogP contribution in [-0.4, -0.2) is 49.1 Å². The van der Waals surface area contributed by atoms with Gasteiger partial charge in [0.2, 0.25) is 0 Å². The van der Waals surface area contributed by atoms with Crippen LogP contribution in [0.1, 0.15) is 49.7 Å². The standard InChI is InChI=1S/C44H46N2O6S2/c47-43(15-17-53-35-11-13-40-30(19-35)25-45(27-49-40)32-7-3-1-4-8-32)51-34-23-37-29-21-39(38(37)24-34)42(22-29)52-44(48)16-18-54-36-12-14-41-31(20-36)26-46(28-50-41)33-9-5-2-6-10-33/h1-14,19-20,29,34,37-39,42H,15-18,21-28H2. The van der Waals surface area contributed by atoms with Crippen molar-refractivity contribution in [3.63, 3.8) is 0 Å². The summed E-state index contributed by atoms with van der Waals surface area (Å²) in [6.07, 6.45) is 4.65. The summed E-state index contributed by atoms with van der Waals surface area (Å²) in [5, 5.41) is 0. The minimum atomic E-state index is -0.114. The molecule has 3 saturated carbocycles. The lowest BCUT2D eigenvalue weighted by Gasteiger charge is -2.31. The van der Waals surface area contributed by atoms with E-state index in [-0.39, 0.29) is 24.1 Å². The maximum Gasteiger partial charge on any atom is 0.306 e. The Kier molecular flexibility index (Phi) is 10.4. The van der Waals surface area contributed by atoms with Crippen LogP contribution in [0.3, 0.4) is 0 Å². The molecule has 0 N–H and O–H groups in total. The van der Waals surface area contributed by atoms with Crippen LogP contribution in [0, 0.1) is 23.7 Å². The lowest BCUT2D eigenvalue weighted by Crippen LogP contribution is -2.32. The molecule has 54 heavy (non-hydrogen) atoms. The lowest BCUT2D eigenvalue weighted by atomic mass is 9.80. The van der Waals surface area contributed by atoms with Crippen molar-refractivity contribution >= 4 is 46.8 Å². The van der Waals surface area contributed by atoms with E-state index in [0.717, 1.165) is 82.6 Å². The second kappa shape index (κ2) is 15.8. The average Bonchev–Trinajstić information content (AvgIpc) is 3.90. The fourth-order valence-electron chi connectivity index (χ4n) is 9.39. The van der Waals surface area contributed by atoms with Crippen molar-refractivity contribution in [2.45, 2.75) is 73.6 Å². The number of hydrogen-bond donors (Lipinski definition) is 0. The van der Waals surface area contributed by atoms with Crippen molar-refractivity contribution in [3.05, 3.63) is 108 Å². The SMILES string of the molecule is O=C(CCSc1ccc2c(c1)CN(c1ccccc1)CO2)OC1CC2C3CC(OC(=O)CCSc4ccc5c(c4)CN(c4ccccc4)CO5)C(C3)C2C1. The second-order valence-corrected chi connectivity index (χ2v) is 17.5. The van der Waals surface area contributed by atoms with Gasteiger partial charge in [-0.3, -0.25) is 9.59 Å². The third-order valence-corrected chi connectivity index (χ3v) is 13.9. The summed E-state index contributed by atoms with van der Waals surface area (Å²) < 4.78 is 24.2. The minimum absolute atomic E-state index is 0.00810. The number of anilines is 2. The van der Waals surface area contributed by atoms with Crippen LogP contribution < -0.4 is 19.3 Å². The van der Waals surface area contributed by atoms with E-state index in [0.29, 0.717) is 61.5 Å². The molecule has 6 unspecified atom stereocenters. The zero-order valence-corrected chi connectivity index (χ0v) is 32.0. The molecule has 5 aliphatic rings. The summed E-state index contributed by atoms with van der Waals surface area (Å²) in [5.41, 5.74) is 4.60. The van der Waals surface area contributed by atoms with Gasteiger partial charge in [-0.1, -0.05) is 36.4 Å². The molecular formula is C44H46N2O6S2. The number of thioether (sulfide) groups is 2. The third-order valence-electron chi connectivity index (χ3n) is 11.9. The van der Waals surface area contributed by atoms with E-state index < -0.39 is 0 Å². The maximum absolute atomic E-state index is 13.0. The summed E-state index contributed by atoms with van der Waals surface area (Å²) >= 11 is 3.38. The van der Waals surface area contributed by atoms with Crippen LogP contribution in [0.15, 0.2) is 107 Å². The Labute approximate surface area is 325 Å². The summed E-state index contributed by atoms with van der Waals surface area (Å²) in [6.45, 7) is 2.66. The molecule has 0 saturated heterocycles. The molecule has 9 rings (SSSR count). The van der Waals surface area contributed by atoms with Gasteiger partial charge in [-0.2, -0.15) is 0 Å². The van der Waals surface area contributed by atoms with Gasteiger partial charge in [0.15, 0.2) is 13.5 Å². The second-order valence-electron chi connectivity index (χ2n) is 15.2. The van der Waals surface area contributed by atoms with E-state index in [9.17, 15) is 9.59 Å². The molecular weight excluding hydrogens is 717 g/mol. The van der Waals surface area contributed by atoms with E-state index >= 15 is 0 Å². The molecule has 3 aliphatic carbocycles. The fourth-order valence-corrected chi connectivity index (χ4v) is 11.2. The molecule has 10 heteroatoms. The molecule has 0 radical (unpaired) electrons. The van der Waals surface area contributed by atoms with E-state index in [1.807, 2.05) is 48.5 Å². The highest BCUT2D eigenvalue weighted by atomic mass is 32.2. The summed E-state index contributed by atoms with van der Waals surface area (Å²) in [5.74, 6) is 4.99. The van der Waals surface area contributed by atoms with E-state index in [4.69, 9.17) is 18.9 Å². The molecule has 8 nitrogen and oxygen atoms in total. The molecule has 2 heterocycles. The van der Waals surface area contributed by atoms with Crippen LogP contribution in [0.2, 0.25) is 0 Å². The Balaban J connectivity index is 0.696. The number of para-hydroxylation sites is 2. The summed E-state index contributed by atoms with van der Waals surface area (Å²) in [6, 6.07) is 33.2. The quantitative estimate of drug-likeness (QED) is 0.103. The Morgan fingerprint density at radius 1 is 0.611 bits per heavy atom. The van der Waals surface area contributed by atoms with Gasteiger partial charge in [0, 0.05) is 56.9 Å². The molecule has 3 fully saturated rings. The van der Waals surface area contributed by atoms with Crippen LogP contribution in [-0.2, 0) is 32.2 Å². The van der Waals surface area contributed by atoms with Crippen LogP contribution in [0.4, 0.5) is 11.4 Å². The maximum atomic E-state index is 13.0. The van der Waals surface area contributed by atoms with Crippen LogP contribution in [0.25, 0.3) is 0 Å². The molecule has 2 aliphatic heterocycles. The first-order valence-electron chi connectivity index (χ1n) is 19.3. The summed E-state index contributed by atoms with van der Waals surface area (Å²) in [4.78, 5) is 32.7. The molecule has 0 spiro atoms. The van der Waals surface area contributed by atoms with Crippen molar-refractivity contribution in [3.8, 4) is 11.5 Å². The van der Waals surface area contributed by atoms with Gasteiger partial charge in [0.1, 0.15) is 23.7 Å². The average molecular weight is 763 g/mol. The smallest absolute Gasteiger partial charge is 0.306 e. The monoisotopic (exact) mass is 762 g/mol. The van der Waals surface area contributed by atoms with Gasteiger partial charge in [-0.05, 0) is 110 Å². The number of ether oxygens (including phenoxy) is 4. The fraction of sp³-hybridized carbons (Fsp3) is 0.409. The van der Waals surface area contributed by atoms with Gasteiger partial charge < -0.3 is 28.7 Å². The van der Waals surface area contributed by atoms with Crippen molar-refractivity contribution in [2.24, 2.45) is 23.7 Å². The normalized spacial score (nSPS) is 24.9. The predicted molar refractivity (Wildman–Crippen MR) is 212 cm³/mol. The van der Waals surface area contributed by atoms with E-state index in [1.165, 1.54) is 0 Å². The van der Waals surface area contributed by atoms with Crippen molar-refractivity contribution in [1.29, 1.82) is 0 Å². The van der Waals surface area contributed by atoms with Crippen LogP contribution in [0.5, 0.6) is 11.5 Å². The Bertz CT molecular complexity index is 1960. The van der Waals surface area contributed by atoms with Crippen molar-refractivity contribution in [2.75, 3.05) is 34.8 Å². The molecule has 6 atom stereocenters. The predicted octanol–water partition coefficient (Wildman–Crippen LogP) is 8.95. The Morgan fingerprint density at radius 3 is 1.72 bits per heavy atom. The number of nitrogens with zero attached hydrogens (tertiary/aromatic N) is 2. The molecule has 4 aromatic carbocycles. The number of carbonyl (C=O) groups is 2. The first-order valence-corrected chi connectivity index (χ1v) is 21.3. The van der Waals surface area contributed by atoms with Gasteiger partial charge in [0.25, 0.3) is 0 Å². The number of rotatable bonds is 12. The number of benzene rings is 4. The first kappa shape index (κ1) is 35.4. The molecule has 4 aromatic rings. The zero-order valence-electron chi connectivity index (χ0n) is 30.3. The molecule has 0 amide bonds. The summed E-state index contributed by atoms with van der Waals surface area (Å²) in [7, 11) is 0. The van der Waals surface area contributed by atoms with E-state index in [1.54, 1.807) is 23.5 Å². The van der Waals surface area contributed by atoms with Gasteiger partial charge in [-0.25, -0.2) is 0 Å². The highest BCUT2D eigenvalue weighted by Crippen LogP contribution is 2.60. The lowest BCUT2D eigenvalue weighted by molar-refractivity contribution is -0.152. The highest BCUT2D eigenvalue weighted by Gasteiger charge is 2.57. The molecule has 0 aromatic heterocycles.